The molecular formula is C12H16N2O5S. The minimum atomic E-state index is -1.57. The second-order valence-electron chi connectivity index (χ2n) is 5.51. The number of nitrogens with one attached hydrogen (secondary N) is 1. The zero-order chi connectivity index (χ0) is 15.4. The second-order valence-corrected chi connectivity index (χ2v) is 7.64. The Morgan fingerprint density at radius 2 is 2.00 bits per heavy atom. The van der Waals surface area contributed by atoms with Gasteiger partial charge in [0.15, 0.2) is 0 Å². The summed E-state index contributed by atoms with van der Waals surface area (Å²) in [6, 6.07) is -2.08. The first-order valence-electron chi connectivity index (χ1n) is 6.02. The predicted octanol–water partition coefficient (Wildman–Crippen LogP) is -0.790. The Bertz CT molecular complexity index is 556. The molecule has 0 aromatic heterocycles. The summed E-state index contributed by atoms with van der Waals surface area (Å²) in [4.78, 5) is 36.0. The molecule has 2 saturated heterocycles. The van der Waals surface area contributed by atoms with Crippen LogP contribution in [0.5, 0.6) is 0 Å². The summed E-state index contributed by atoms with van der Waals surface area (Å²) in [7, 11) is -1.57. The molecular weight excluding hydrogens is 284 g/mol. The lowest BCUT2D eigenvalue weighted by Gasteiger charge is -2.43. The predicted molar refractivity (Wildman–Crippen MR) is 71.0 cm³/mol. The van der Waals surface area contributed by atoms with Crippen LogP contribution in [0.4, 0.5) is 0 Å². The summed E-state index contributed by atoms with van der Waals surface area (Å²) in [5, 5.41) is 10.9. The van der Waals surface area contributed by atoms with Gasteiger partial charge in [-0.3, -0.25) is 13.8 Å². The van der Waals surface area contributed by atoms with Crippen molar-refractivity contribution in [2.75, 3.05) is 0 Å². The number of β-lactam (4-membered cyclic amide) rings is 1. The normalized spacial score (nSPS) is 34.1. The fourth-order valence-corrected chi connectivity index (χ4v) is 4.48. The van der Waals surface area contributed by atoms with Gasteiger partial charge in [-0.25, -0.2) is 4.79 Å². The number of aliphatic carboxylic acids is 1. The first-order chi connectivity index (χ1) is 9.10. The number of amides is 2. The largest absolute Gasteiger partial charge is 0.480 e. The van der Waals surface area contributed by atoms with Gasteiger partial charge in [-0.05, 0) is 20.8 Å². The molecule has 0 bridgehead atoms. The molecule has 8 heteroatoms. The third-order valence-corrected chi connectivity index (χ3v) is 5.86. The molecule has 0 saturated carbocycles. The van der Waals surface area contributed by atoms with Crippen LogP contribution < -0.4 is 5.32 Å². The van der Waals surface area contributed by atoms with Gasteiger partial charge in [0.1, 0.15) is 17.5 Å². The fourth-order valence-electron chi connectivity index (χ4n) is 2.56. The number of fused-ring (bicyclic) bond motifs is 1. The molecule has 2 fully saturated rings. The monoisotopic (exact) mass is 300 g/mol. The van der Waals surface area contributed by atoms with Gasteiger partial charge in [0.2, 0.25) is 11.8 Å². The molecule has 0 aliphatic carbocycles. The first kappa shape index (κ1) is 14.7. The summed E-state index contributed by atoms with van der Waals surface area (Å²) in [6.45, 7) is 8.05. The Balaban J connectivity index is 2.29. The van der Waals surface area contributed by atoms with E-state index in [1.807, 2.05) is 0 Å². The third-order valence-electron chi connectivity index (χ3n) is 3.66. The van der Waals surface area contributed by atoms with E-state index < -0.39 is 50.8 Å². The van der Waals surface area contributed by atoms with E-state index in [1.165, 1.54) is 6.92 Å². The molecule has 0 radical (unpaired) electrons. The Morgan fingerprint density at radius 3 is 2.45 bits per heavy atom. The number of hydrogen-bond donors (Lipinski definition) is 2. The van der Waals surface area contributed by atoms with Crippen LogP contribution in [0.2, 0.25) is 0 Å². The number of carboxylic acids is 1. The Kier molecular flexibility index (Phi) is 3.24. The highest BCUT2D eigenvalue weighted by molar-refractivity contribution is 7.87. The van der Waals surface area contributed by atoms with Crippen molar-refractivity contribution in [3.8, 4) is 0 Å². The van der Waals surface area contributed by atoms with Gasteiger partial charge in [0, 0.05) is 5.57 Å². The van der Waals surface area contributed by atoms with Crippen molar-refractivity contribution in [2.45, 2.75) is 43.0 Å². The van der Waals surface area contributed by atoms with Crippen LogP contribution in [0.25, 0.3) is 0 Å². The summed E-state index contributed by atoms with van der Waals surface area (Å²) < 4.78 is 11.3. The summed E-state index contributed by atoms with van der Waals surface area (Å²) in [6.07, 6.45) is 0. The molecule has 0 aromatic carbocycles. The average Bonchev–Trinajstić information content (AvgIpc) is 2.52. The van der Waals surface area contributed by atoms with E-state index in [2.05, 4.69) is 11.9 Å². The van der Waals surface area contributed by atoms with Gasteiger partial charge >= 0.3 is 5.97 Å². The third kappa shape index (κ3) is 1.78. The standard InChI is InChI=1S/C12H16N2O5S/c1-5(2)8(15)13-6-9(16)14-7(11(17)18)12(3,4)20(19)10(6)14/h6-7,10H,1H2,2-4H3,(H,13,15)(H,17,18)/t6-,7+,10-,20?/m1/s1. The van der Waals surface area contributed by atoms with E-state index in [0.29, 0.717) is 0 Å². The minimum Gasteiger partial charge on any atom is -0.480 e. The molecule has 0 spiro atoms. The zero-order valence-corrected chi connectivity index (χ0v) is 12.2. The molecule has 2 heterocycles. The quantitative estimate of drug-likeness (QED) is 0.525. The van der Waals surface area contributed by atoms with Crippen molar-refractivity contribution in [3.05, 3.63) is 12.2 Å². The molecule has 2 amide bonds. The van der Waals surface area contributed by atoms with Gasteiger partial charge in [-0.15, -0.1) is 0 Å². The van der Waals surface area contributed by atoms with Crippen molar-refractivity contribution < 1.29 is 23.7 Å². The van der Waals surface area contributed by atoms with Gasteiger partial charge in [-0.2, -0.15) is 0 Å². The van der Waals surface area contributed by atoms with Crippen molar-refractivity contribution in [3.63, 3.8) is 0 Å². The molecule has 7 nitrogen and oxygen atoms in total. The maximum Gasteiger partial charge on any atom is 0.328 e. The lowest BCUT2D eigenvalue weighted by molar-refractivity contribution is -0.160. The van der Waals surface area contributed by atoms with Crippen molar-refractivity contribution in [1.29, 1.82) is 0 Å². The minimum absolute atomic E-state index is 0.231. The topological polar surface area (TPSA) is 104 Å². The Labute approximate surface area is 118 Å². The summed E-state index contributed by atoms with van der Waals surface area (Å²) in [5.41, 5.74) is 0.231. The van der Waals surface area contributed by atoms with E-state index in [4.69, 9.17) is 0 Å². The van der Waals surface area contributed by atoms with Crippen LogP contribution in [0.1, 0.15) is 20.8 Å². The highest BCUT2D eigenvalue weighted by atomic mass is 32.2. The lowest BCUT2D eigenvalue weighted by Crippen LogP contribution is -2.71. The zero-order valence-electron chi connectivity index (χ0n) is 11.4. The average molecular weight is 300 g/mol. The van der Waals surface area contributed by atoms with Crippen molar-refractivity contribution in [1.82, 2.24) is 10.2 Å². The Morgan fingerprint density at radius 1 is 1.45 bits per heavy atom. The smallest absolute Gasteiger partial charge is 0.328 e. The highest BCUT2D eigenvalue weighted by Crippen LogP contribution is 2.43. The van der Waals surface area contributed by atoms with Gasteiger partial charge in [0.25, 0.3) is 0 Å². The molecule has 110 valence electrons. The van der Waals surface area contributed by atoms with E-state index in [1.54, 1.807) is 13.8 Å². The number of hydrogen-bond acceptors (Lipinski definition) is 4. The van der Waals surface area contributed by atoms with E-state index in [9.17, 15) is 23.7 Å². The lowest BCUT2D eigenvalue weighted by atomic mass is 9.96. The summed E-state index contributed by atoms with van der Waals surface area (Å²) in [5.74, 6) is -2.21. The number of carbonyl (C=O) groups excluding carboxylic acids is 2. The molecule has 2 aliphatic heterocycles. The molecule has 4 atom stereocenters. The van der Waals surface area contributed by atoms with Gasteiger partial charge in [-0.1, -0.05) is 6.58 Å². The molecule has 0 aromatic rings. The number of carbonyl (C=O) groups is 3. The number of rotatable bonds is 3. The van der Waals surface area contributed by atoms with E-state index in [-0.39, 0.29) is 5.57 Å². The van der Waals surface area contributed by atoms with Crippen molar-refractivity contribution in [2.24, 2.45) is 0 Å². The first-order valence-corrected chi connectivity index (χ1v) is 7.24. The van der Waals surface area contributed by atoms with Crippen LogP contribution in [-0.2, 0) is 25.2 Å². The summed E-state index contributed by atoms with van der Waals surface area (Å²) >= 11 is 0. The number of nitrogens with zero attached hydrogens (tertiary/aromatic N) is 1. The van der Waals surface area contributed by atoms with Crippen LogP contribution in [0, 0.1) is 0 Å². The van der Waals surface area contributed by atoms with Crippen LogP contribution in [-0.4, -0.2) is 54.2 Å². The highest BCUT2D eigenvalue weighted by Gasteiger charge is 2.68. The maximum absolute atomic E-state index is 12.4. The van der Waals surface area contributed by atoms with Crippen LogP contribution >= 0.6 is 0 Å². The van der Waals surface area contributed by atoms with E-state index >= 15 is 0 Å². The molecule has 20 heavy (non-hydrogen) atoms. The second kappa shape index (κ2) is 4.41. The van der Waals surface area contributed by atoms with Crippen LogP contribution in [0.15, 0.2) is 12.2 Å². The number of carboxylic acid groups (broad SMARTS) is 1. The Hall–Kier alpha value is -1.70. The van der Waals surface area contributed by atoms with Gasteiger partial charge < -0.3 is 15.3 Å². The molecule has 1 unspecified atom stereocenters. The fraction of sp³-hybridized carbons (Fsp3) is 0.583. The molecule has 2 N–H and O–H groups in total. The van der Waals surface area contributed by atoms with E-state index in [0.717, 1.165) is 4.90 Å². The molecule has 2 rings (SSSR count). The van der Waals surface area contributed by atoms with Gasteiger partial charge in [0.05, 0.1) is 15.5 Å². The molecule has 2 aliphatic rings. The maximum atomic E-state index is 12.4. The SMILES string of the molecule is C=C(C)C(=O)N[C@@H]1C(=O)N2[C@@H]1S(=O)C(C)(C)[C@@H]2C(=O)O. The van der Waals surface area contributed by atoms with Crippen LogP contribution in [0.3, 0.4) is 0 Å². The van der Waals surface area contributed by atoms with Crippen molar-refractivity contribution >= 4 is 28.6 Å².